The number of ether oxygens (including phenoxy) is 2. The van der Waals surface area contributed by atoms with Gasteiger partial charge in [0.2, 0.25) is 0 Å². The molecule has 2 aliphatic rings. The molecule has 36 heavy (non-hydrogen) atoms. The summed E-state index contributed by atoms with van der Waals surface area (Å²) in [6.45, 7) is 12.2. The van der Waals surface area contributed by atoms with Gasteiger partial charge in [-0.3, -0.25) is 4.90 Å². The molecule has 0 unspecified atom stereocenters. The molecule has 1 saturated heterocycles. The van der Waals surface area contributed by atoms with Crippen molar-refractivity contribution in [3.63, 3.8) is 0 Å². The molecule has 0 N–H and O–H groups in total. The molecule has 1 amide bonds. The van der Waals surface area contributed by atoms with Crippen LogP contribution in [0.3, 0.4) is 0 Å². The molecule has 4 atom stereocenters. The van der Waals surface area contributed by atoms with Crippen LogP contribution in [0.5, 0.6) is 0 Å². The van der Waals surface area contributed by atoms with Crippen molar-refractivity contribution in [2.45, 2.75) is 83.2 Å². The van der Waals surface area contributed by atoms with Crippen molar-refractivity contribution in [2.24, 2.45) is 5.92 Å². The third-order valence-corrected chi connectivity index (χ3v) is 12.5. The van der Waals surface area contributed by atoms with Gasteiger partial charge in [-0.1, -0.05) is 81.4 Å². The highest BCUT2D eigenvalue weighted by atomic mass is 28.4. The Labute approximate surface area is 216 Å². The Hall–Kier alpha value is -2.64. The van der Waals surface area contributed by atoms with E-state index in [0.717, 1.165) is 0 Å². The number of esters is 1. The van der Waals surface area contributed by atoms with Crippen molar-refractivity contribution in [3.8, 4) is 0 Å². The summed E-state index contributed by atoms with van der Waals surface area (Å²) in [7, 11) is -1.43. The monoisotopic (exact) mass is 509 g/mol. The molecule has 4 rings (SSSR count). The molecule has 1 aliphatic heterocycles. The molecule has 194 valence electrons. The molecule has 0 radical (unpaired) electrons. The van der Waals surface area contributed by atoms with E-state index >= 15 is 0 Å². The Bertz CT molecular complexity index is 1040. The Morgan fingerprint density at radius 2 is 1.39 bits per heavy atom. The molecule has 6 nitrogen and oxygen atoms in total. The summed E-state index contributed by atoms with van der Waals surface area (Å²) in [5.41, 5.74) is -0.648. The van der Waals surface area contributed by atoms with Gasteiger partial charge >= 0.3 is 12.1 Å². The van der Waals surface area contributed by atoms with E-state index in [1.54, 1.807) is 4.90 Å². The van der Waals surface area contributed by atoms with Crippen LogP contribution in [0.25, 0.3) is 0 Å². The SMILES string of the molecule is COC(=O)[C@H]1[C@H]2C[C@H](C[C@@H]2O[Si](c2ccccc2)(c2ccccc2)C(C)(C)C)N1C(=O)OC(C)(C)C. The topological polar surface area (TPSA) is 65.1 Å². The van der Waals surface area contributed by atoms with Crippen molar-refractivity contribution in [3.05, 3.63) is 60.7 Å². The second-order valence-corrected chi connectivity index (χ2v) is 16.2. The van der Waals surface area contributed by atoms with Crippen LogP contribution in [0, 0.1) is 5.92 Å². The lowest BCUT2D eigenvalue weighted by molar-refractivity contribution is -0.150. The van der Waals surface area contributed by atoms with Gasteiger partial charge in [0.05, 0.1) is 13.2 Å². The predicted molar refractivity (Wildman–Crippen MR) is 143 cm³/mol. The van der Waals surface area contributed by atoms with Crippen molar-refractivity contribution < 1.29 is 23.5 Å². The maximum atomic E-state index is 13.1. The fourth-order valence-electron chi connectivity index (χ4n) is 6.04. The summed E-state index contributed by atoms with van der Waals surface area (Å²) in [4.78, 5) is 27.8. The van der Waals surface area contributed by atoms with Crippen LogP contribution >= 0.6 is 0 Å². The first kappa shape index (κ1) is 26.4. The molecule has 0 spiro atoms. The van der Waals surface area contributed by atoms with Crippen LogP contribution < -0.4 is 10.4 Å². The molecule has 7 heteroatoms. The van der Waals surface area contributed by atoms with E-state index < -0.39 is 32.0 Å². The third kappa shape index (κ3) is 4.71. The third-order valence-electron chi connectivity index (χ3n) is 7.42. The highest BCUT2D eigenvalue weighted by molar-refractivity contribution is 6.99. The Balaban J connectivity index is 1.75. The van der Waals surface area contributed by atoms with E-state index in [-0.39, 0.29) is 23.1 Å². The first-order valence-corrected chi connectivity index (χ1v) is 14.7. The van der Waals surface area contributed by atoms with Gasteiger partial charge in [0.1, 0.15) is 11.6 Å². The summed E-state index contributed by atoms with van der Waals surface area (Å²) in [5.74, 6) is -0.569. The van der Waals surface area contributed by atoms with Crippen LogP contribution in [0.2, 0.25) is 5.04 Å². The highest BCUT2D eigenvalue weighted by Gasteiger charge is 2.61. The van der Waals surface area contributed by atoms with E-state index in [0.29, 0.717) is 12.8 Å². The van der Waals surface area contributed by atoms with Gasteiger partial charge in [0, 0.05) is 12.0 Å². The first-order chi connectivity index (χ1) is 16.9. The van der Waals surface area contributed by atoms with Gasteiger partial charge in [-0.2, -0.15) is 0 Å². The van der Waals surface area contributed by atoms with Crippen molar-refractivity contribution in [1.82, 2.24) is 4.90 Å². The molecule has 1 heterocycles. The van der Waals surface area contributed by atoms with Crippen molar-refractivity contribution in [1.29, 1.82) is 0 Å². The van der Waals surface area contributed by atoms with Crippen LogP contribution in [0.1, 0.15) is 54.4 Å². The smallest absolute Gasteiger partial charge is 0.411 e. The Morgan fingerprint density at radius 1 is 0.861 bits per heavy atom. The summed E-state index contributed by atoms with van der Waals surface area (Å²) >= 11 is 0. The minimum Gasteiger partial charge on any atom is -0.467 e. The van der Waals surface area contributed by atoms with E-state index in [9.17, 15) is 9.59 Å². The van der Waals surface area contributed by atoms with E-state index in [1.807, 2.05) is 32.9 Å². The number of likely N-dealkylation sites (tertiary alicyclic amines) is 1. The van der Waals surface area contributed by atoms with E-state index in [1.165, 1.54) is 17.5 Å². The van der Waals surface area contributed by atoms with Crippen LogP contribution in [0.15, 0.2) is 60.7 Å². The minimum atomic E-state index is -2.80. The predicted octanol–water partition coefficient (Wildman–Crippen LogP) is 4.50. The maximum Gasteiger partial charge on any atom is 0.411 e. The van der Waals surface area contributed by atoms with Gasteiger partial charge in [0.15, 0.2) is 0 Å². The standard InChI is InChI=1S/C29H39NO5Si/c1-28(2,3)34-27(32)30-20-18-23(25(30)26(31)33-7)24(19-20)35-36(29(4,5)6,21-14-10-8-11-15-21)22-16-12-9-13-17-22/h8-17,20,23-25H,18-19H2,1-7H3/t20-,23+,24+,25-/m1/s1. The average molecular weight is 510 g/mol. The van der Waals surface area contributed by atoms with Gasteiger partial charge in [-0.25, -0.2) is 9.59 Å². The van der Waals surface area contributed by atoms with Gasteiger partial charge < -0.3 is 13.9 Å². The molecule has 1 aliphatic carbocycles. The lowest BCUT2D eigenvalue weighted by Gasteiger charge is -2.47. The van der Waals surface area contributed by atoms with E-state index in [2.05, 4.69) is 69.3 Å². The molecule has 2 fully saturated rings. The number of carbonyl (C=O) groups is 2. The normalized spacial score (nSPS) is 24.0. The zero-order chi connectivity index (χ0) is 26.3. The molecule has 0 aromatic heterocycles. The summed E-state index contributed by atoms with van der Waals surface area (Å²) in [6, 6.07) is 20.2. The summed E-state index contributed by atoms with van der Waals surface area (Å²) < 4.78 is 18.2. The molecular formula is C29H39NO5Si. The van der Waals surface area contributed by atoms with Gasteiger partial charge in [0.25, 0.3) is 8.32 Å². The highest BCUT2D eigenvalue weighted by Crippen LogP contribution is 2.48. The number of amides is 1. The second kappa shape index (κ2) is 9.67. The van der Waals surface area contributed by atoms with Crippen LogP contribution in [-0.4, -0.2) is 56.2 Å². The fourth-order valence-corrected chi connectivity index (χ4v) is 10.8. The summed E-state index contributed by atoms with van der Waals surface area (Å²) in [6.07, 6.45) is 0.724. The van der Waals surface area contributed by atoms with E-state index in [4.69, 9.17) is 13.9 Å². The second-order valence-electron chi connectivity index (χ2n) is 12.0. The lowest BCUT2D eigenvalue weighted by Crippen LogP contribution is -2.69. The number of hydrogen-bond donors (Lipinski definition) is 0. The number of methoxy groups -OCH3 is 1. The number of nitrogens with zero attached hydrogens (tertiary/aromatic N) is 1. The molecular weight excluding hydrogens is 470 g/mol. The molecule has 2 aromatic rings. The number of carbonyl (C=O) groups excluding carboxylic acids is 2. The fraction of sp³-hybridized carbons (Fsp3) is 0.517. The number of rotatable bonds is 5. The molecule has 2 aromatic carbocycles. The molecule has 1 saturated carbocycles. The minimum absolute atomic E-state index is 0.128. The van der Waals surface area contributed by atoms with Crippen LogP contribution in [0.4, 0.5) is 4.79 Å². The summed E-state index contributed by atoms with van der Waals surface area (Å²) in [5, 5.41) is 2.22. The van der Waals surface area contributed by atoms with Crippen molar-refractivity contribution >= 4 is 30.8 Å². The zero-order valence-electron chi connectivity index (χ0n) is 22.5. The maximum absolute atomic E-state index is 13.1. The number of fused-ring (bicyclic) bond motifs is 2. The zero-order valence-corrected chi connectivity index (χ0v) is 23.5. The lowest BCUT2D eigenvalue weighted by atomic mass is 9.96. The average Bonchev–Trinajstić information content (AvgIpc) is 3.39. The Kier molecular flexibility index (Phi) is 7.10. The van der Waals surface area contributed by atoms with Gasteiger partial charge in [-0.05, 0) is 49.0 Å². The largest absolute Gasteiger partial charge is 0.467 e. The van der Waals surface area contributed by atoms with Crippen LogP contribution in [-0.2, 0) is 18.7 Å². The first-order valence-electron chi connectivity index (χ1n) is 12.8. The van der Waals surface area contributed by atoms with Crippen molar-refractivity contribution in [2.75, 3.05) is 7.11 Å². The Morgan fingerprint density at radius 3 is 1.83 bits per heavy atom. The number of benzene rings is 2. The number of hydrogen-bond acceptors (Lipinski definition) is 5. The molecule has 2 bridgehead atoms. The quantitative estimate of drug-likeness (QED) is 0.439. The number of piperidine rings is 1. The van der Waals surface area contributed by atoms with Gasteiger partial charge in [-0.15, -0.1) is 0 Å².